The molecule has 1 aliphatic heterocycles. The lowest BCUT2D eigenvalue weighted by molar-refractivity contribution is -0.136. The van der Waals surface area contributed by atoms with Gasteiger partial charge in [0.25, 0.3) is 0 Å². The van der Waals surface area contributed by atoms with E-state index >= 15 is 0 Å². The number of likely N-dealkylation sites (N-methyl/N-ethyl adjacent to an activating group) is 1. The first-order valence-corrected chi connectivity index (χ1v) is 5.33. The Morgan fingerprint density at radius 1 is 1.36 bits per heavy atom. The smallest absolute Gasteiger partial charge is 0.242 e. The van der Waals surface area contributed by atoms with Crippen molar-refractivity contribution in [3.63, 3.8) is 0 Å². The third-order valence-corrected chi connectivity index (χ3v) is 2.83. The molecule has 1 aliphatic rings. The van der Waals surface area contributed by atoms with Gasteiger partial charge in [-0.3, -0.25) is 4.79 Å². The van der Waals surface area contributed by atoms with Crippen LogP contribution in [0.5, 0.6) is 0 Å². The van der Waals surface area contributed by atoms with Gasteiger partial charge in [0.2, 0.25) is 5.91 Å². The zero-order valence-electron chi connectivity index (χ0n) is 9.98. The van der Waals surface area contributed by atoms with Crippen molar-refractivity contribution in [1.82, 2.24) is 10.2 Å². The first-order chi connectivity index (χ1) is 6.28. The molecular formula is C11H22N2O. The van der Waals surface area contributed by atoms with Crippen LogP contribution in [-0.2, 0) is 4.79 Å². The van der Waals surface area contributed by atoms with Gasteiger partial charge in [0.1, 0.15) is 0 Å². The highest BCUT2D eigenvalue weighted by Crippen LogP contribution is 2.23. The molecule has 0 unspecified atom stereocenters. The molecule has 3 heteroatoms. The molecule has 0 bridgehead atoms. The summed E-state index contributed by atoms with van der Waals surface area (Å²) in [5, 5.41) is 3.33. The highest BCUT2D eigenvalue weighted by Gasteiger charge is 2.38. The van der Waals surface area contributed by atoms with E-state index in [1.54, 1.807) is 0 Å². The van der Waals surface area contributed by atoms with Crippen LogP contribution in [0, 0.1) is 5.41 Å². The number of hydrogen-bond acceptors (Lipinski definition) is 2. The van der Waals surface area contributed by atoms with Crippen molar-refractivity contribution in [1.29, 1.82) is 0 Å². The van der Waals surface area contributed by atoms with Gasteiger partial charge >= 0.3 is 0 Å². The second-order valence-corrected chi connectivity index (χ2v) is 5.46. The first-order valence-electron chi connectivity index (χ1n) is 5.33. The van der Waals surface area contributed by atoms with Gasteiger partial charge in [0.05, 0.1) is 5.54 Å². The lowest BCUT2D eigenvalue weighted by Crippen LogP contribution is -2.51. The number of amides is 1. The number of carbonyl (C=O) groups excluding carboxylic acids is 1. The zero-order valence-corrected chi connectivity index (χ0v) is 9.98. The van der Waals surface area contributed by atoms with E-state index in [0.717, 1.165) is 19.6 Å². The Bertz CT molecular complexity index is 233. The average Bonchev–Trinajstić information content (AvgIpc) is 2.16. The number of hydrogen-bond donors (Lipinski definition) is 1. The van der Waals surface area contributed by atoms with Crippen LogP contribution in [0.1, 0.15) is 34.6 Å². The Morgan fingerprint density at radius 2 is 1.93 bits per heavy atom. The molecular weight excluding hydrogens is 176 g/mol. The monoisotopic (exact) mass is 198 g/mol. The number of rotatable bonds is 1. The van der Waals surface area contributed by atoms with Crippen LogP contribution >= 0.6 is 0 Å². The number of carbonyl (C=O) groups is 1. The molecule has 0 aromatic rings. The van der Waals surface area contributed by atoms with Crippen molar-refractivity contribution in [3.8, 4) is 0 Å². The molecule has 0 aliphatic carbocycles. The summed E-state index contributed by atoms with van der Waals surface area (Å²) in [6.07, 6.45) is 0. The van der Waals surface area contributed by atoms with Gasteiger partial charge < -0.3 is 10.2 Å². The molecule has 0 spiro atoms. The normalized spacial score (nSPS) is 26.1. The second kappa shape index (κ2) is 3.54. The third kappa shape index (κ3) is 2.27. The molecule has 0 radical (unpaired) electrons. The van der Waals surface area contributed by atoms with Gasteiger partial charge in [-0.15, -0.1) is 0 Å². The van der Waals surface area contributed by atoms with E-state index in [4.69, 9.17) is 0 Å². The van der Waals surface area contributed by atoms with Gasteiger partial charge in [-0.2, -0.15) is 0 Å². The zero-order chi connectivity index (χ0) is 11.0. The predicted molar refractivity (Wildman–Crippen MR) is 58.1 cm³/mol. The minimum absolute atomic E-state index is 0.166. The predicted octanol–water partition coefficient (Wildman–Crippen LogP) is 1.24. The highest BCUT2D eigenvalue weighted by molar-refractivity contribution is 5.85. The average molecular weight is 198 g/mol. The summed E-state index contributed by atoms with van der Waals surface area (Å²) in [6.45, 7) is 12.9. The van der Waals surface area contributed by atoms with E-state index in [0.29, 0.717) is 0 Å². The van der Waals surface area contributed by atoms with E-state index < -0.39 is 5.54 Å². The summed E-state index contributed by atoms with van der Waals surface area (Å²) in [7, 11) is 0. The Hall–Kier alpha value is -0.570. The maximum atomic E-state index is 12.0. The van der Waals surface area contributed by atoms with Crippen molar-refractivity contribution >= 4 is 5.91 Å². The fraction of sp³-hybridized carbons (Fsp3) is 0.909. The SMILES string of the molecule is CCN1CC(C)(C)CNC(C)(C)C1=O. The van der Waals surface area contributed by atoms with Gasteiger partial charge in [-0.1, -0.05) is 13.8 Å². The molecule has 0 aromatic carbocycles. The fourth-order valence-corrected chi connectivity index (χ4v) is 1.83. The molecule has 0 saturated carbocycles. The minimum Gasteiger partial charge on any atom is -0.341 e. The molecule has 1 amide bonds. The fourth-order valence-electron chi connectivity index (χ4n) is 1.83. The van der Waals surface area contributed by atoms with Crippen LogP contribution in [0.3, 0.4) is 0 Å². The van der Waals surface area contributed by atoms with Gasteiger partial charge in [0.15, 0.2) is 0 Å². The summed E-state index contributed by atoms with van der Waals surface area (Å²) in [6, 6.07) is 0. The van der Waals surface area contributed by atoms with Crippen LogP contribution in [-0.4, -0.2) is 36.0 Å². The third-order valence-electron chi connectivity index (χ3n) is 2.83. The van der Waals surface area contributed by atoms with Crippen LogP contribution in [0.15, 0.2) is 0 Å². The topological polar surface area (TPSA) is 32.3 Å². The quantitative estimate of drug-likeness (QED) is 0.687. The lowest BCUT2D eigenvalue weighted by Gasteiger charge is -2.29. The van der Waals surface area contributed by atoms with Crippen molar-refractivity contribution in [2.45, 2.75) is 40.2 Å². The van der Waals surface area contributed by atoms with Gasteiger partial charge in [-0.05, 0) is 26.2 Å². The van der Waals surface area contributed by atoms with Crippen LogP contribution in [0.25, 0.3) is 0 Å². The number of nitrogens with zero attached hydrogens (tertiary/aromatic N) is 1. The van der Waals surface area contributed by atoms with Crippen molar-refractivity contribution < 1.29 is 4.79 Å². The Morgan fingerprint density at radius 3 is 2.43 bits per heavy atom. The molecule has 82 valence electrons. The highest BCUT2D eigenvalue weighted by atomic mass is 16.2. The second-order valence-electron chi connectivity index (χ2n) is 5.46. The maximum absolute atomic E-state index is 12.0. The maximum Gasteiger partial charge on any atom is 0.242 e. The molecule has 1 fully saturated rings. The van der Waals surface area contributed by atoms with E-state index in [9.17, 15) is 4.79 Å². The van der Waals surface area contributed by atoms with Crippen LogP contribution in [0.4, 0.5) is 0 Å². The Kier molecular flexibility index (Phi) is 2.91. The first kappa shape index (κ1) is 11.5. The molecule has 1 saturated heterocycles. The van der Waals surface area contributed by atoms with Crippen molar-refractivity contribution in [3.05, 3.63) is 0 Å². The summed E-state index contributed by atoms with van der Waals surface area (Å²) < 4.78 is 0. The standard InChI is InChI=1S/C11H22N2O/c1-6-13-8-10(2,3)7-12-11(4,5)9(13)14/h12H,6-8H2,1-5H3. The van der Waals surface area contributed by atoms with Gasteiger partial charge in [-0.25, -0.2) is 0 Å². The van der Waals surface area contributed by atoms with Crippen LogP contribution < -0.4 is 5.32 Å². The summed E-state index contributed by atoms with van der Waals surface area (Å²) >= 11 is 0. The van der Waals surface area contributed by atoms with Gasteiger partial charge in [0, 0.05) is 19.6 Å². The molecule has 14 heavy (non-hydrogen) atoms. The summed E-state index contributed by atoms with van der Waals surface area (Å²) in [5.41, 5.74) is -0.247. The molecule has 0 atom stereocenters. The molecule has 3 nitrogen and oxygen atoms in total. The largest absolute Gasteiger partial charge is 0.341 e. The lowest BCUT2D eigenvalue weighted by atomic mass is 9.93. The number of nitrogens with one attached hydrogen (secondary N) is 1. The minimum atomic E-state index is -0.413. The van der Waals surface area contributed by atoms with E-state index in [-0.39, 0.29) is 11.3 Å². The summed E-state index contributed by atoms with van der Waals surface area (Å²) in [5.74, 6) is 0.213. The molecule has 1 N–H and O–H groups in total. The van der Waals surface area contributed by atoms with E-state index in [1.807, 2.05) is 25.7 Å². The van der Waals surface area contributed by atoms with Crippen molar-refractivity contribution in [2.24, 2.45) is 5.41 Å². The molecule has 0 aromatic heterocycles. The van der Waals surface area contributed by atoms with E-state index in [1.165, 1.54) is 0 Å². The van der Waals surface area contributed by atoms with Crippen molar-refractivity contribution in [2.75, 3.05) is 19.6 Å². The molecule has 1 rings (SSSR count). The van der Waals surface area contributed by atoms with E-state index in [2.05, 4.69) is 19.2 Å². The van der Waals surface area contributed by atoms with Crippen LogP contribution in [0.2, 0.25) is 0 Å². The Balaban J connectivity index is 2.90. The summed E-state index contributed by atoms with van der Waals surface area (Å²) in [4.78, 5) is 14.0. The molecule has 1 heterocycles. The Labute approximate surface area is 86.9 Å².